The first-order valence-electron chi connectivity index (χ1n) is 10.3. The van der Waals surface area contributed by atoms with Gasteiger partial charge in [0.2, 0.25) is 0 Å². The Morgan fingerprint density at radius 2 is 1.82 bits per heavy atom. The van der Waals surface area contributed by atoms with Gasteiger partial charge in [-0.25, -0.2) is 13.2 Å². The van der Waals surface area contributed by atoms with Gasteiger partial charge >= 0.3 is 6.09 Å². The van der Waals surface area contributed by atoms with Gasteiger partial charge in [0, 0.05) is 16.4 Å². The van der Waals surface area contributed by atoms with Crippen molar-refractivity contribution in [3.05, 3.63) is 76.8 Å². The van der Waals surface area contributed by atoms with E-state index in [0.717, 1.165) is 32.9 Å². The zero-order chi connectivity index (χ0) is 23.8. The van der Waals surface area contributed by atoms with Gasteiger partial charge in [0.15, 0.2) is 0 Å². The van der Waals surface area contributed by atoms with E-state index in [1.165, 1.54) is 4.90 Å². The third kappa shape index (κ3) is 4.64. The maximum atomic E-state index is 13.6. The third-order valence-electron chi connectivity index (χ3n) is 5.85. The molecule has 0 spiro atoms. The standard InChI is InChI=1S/C23H24ClN3O4S2/c1-26(2)23(15-27(22(28)29)14-13-16-5-3-4-6-19(16)23)25-33(30,31)21-12-11-20(32-21)17-7-9-18(24)10-8-17/h3-12,25H,13-15H2,1-2H3,(H,28,29). The van der Waals surface area contributed by atoms with Crippen molar-refractivity contribution in [3.63, 3.8) is 0 Å². The first-order chi connectivity index (χ1) is 15.6. The molecule has 2 N–H and O–H groups in total. The van der Waals surface area contributed by atoms with Crippen LogP contribution in [0.25, 0.3) is 10.4 Å². The molecule has 0 aliphatic carbocycles. The van der Waals surface area contributed by atoms with E-state index in [-0.39, 0.29) is 17.3 Å². The minimum Gasteiger partial charge on any atom is -0.465 e. The molecule has 4 rings (SSSR count). The number of sulfonamides is 1. The SMILES string of the molecule is CN(C)C1(NS(=O)(=O)c2ccc(-c3ccc(Cl)cc3)s2)CN(C(=O)O)CCc2ccccc21. The summed E-state index contributed by atoms with van der Waals surface area (Å²) in [7, 11) is -0.489. The van der Waals surface area contributed by atoms with Crippen LogP contribution in [0.4, 0.5) is 4.79 Å². The number of carbonyl (C=O) groups is 1. The van der Waals surface area contributed by atoms with Crippen LogP contribution in [0, 0.1) is 0 Å². The van der Waals surface area contributed by atoms with Crippen LogP contribution in [0.1, 0.15) is 11.1 Å². The minimum atomic E-state index is -3.99. The Morgan fingerprint density at radius 3 is 2.48 bits per heavy atom. The number of halogens is 1. The molecule has 1 aliphatic rings. The zero-order valence-electron chi connectivity index (χ0n) is 18.2. The fourth-order valence-corrected chi connectivity index (χ4v) is 6.92. The molecular formula is C23H24ClN3O4S2. The molecule has 33 heavy (non-hydrogen) atoms. The Bertz CT molecular complexity index is 1270. The average molecular weight is 506 g/mol. The van der Waals surface area contributed by atoms with E-state index in [0.29, 0.717) is 11.4 Å². The summed E-state index contributed by atoms with van der Waals surface area (Å²) in [6, 6.07) is 18.0. The van der Waals surface area contributed by atoms with E-state index in [2.05, 4.69) is 4.72 Å². The second-order valence-electron chi connectivity index (χ2n) is 8.10. The van der Waals surface area contributed by atoms with Crippen LogP contribution in [0.5, 0.6) is 0 Å². The van der Waals surface area contributed by atoms with Crippen LogP contribution in [-0.4, -0.2) is 56.6 Å². The molecule has 1 amide bonds. The fourth-order valence-electron chi connectivity index (χ4n) is 4.07. The summed E-state index contributed by atoms with van der Waals surface area (Å²) in [4.78, 5) is 15.7. The van der Waals surface area contributed by atoms with E-state index >= 15 is 0 Å². The molecule has 0 radical (unpaired) electrons. The lowest BCUT2D eigenvalue weighted by molar-refractivity contribution is 0.0755. The molecule has 0 bridgehead atoms. The molecule has 7 nitrogen and oxygen atoms in total. The Hall–Kier alpha value is -2.43. The topological polar surface area (TPSA) is 90.0 Å². The van der Waals surface area contributed by atoms with Crippen molar-refractivity contribution in [1.29, 1.82) is 0 Å². The molecule has 0 saturated heterocycles. The number of benzene rings is 2. The maximum Gasteiger partial charge on any atom is 0.407 e. The van der Waals surface area contributed by atoms with Crippen molar-refractivity contribution in [3.8, 4) is 10.4 Å². The zero-order valence-corrected chi connectivity index (χ0v) is 20.5. The number of hydrogen-bond acceptors (Lipinski definition) is 5. The summed E-state index contributed by atoms with van der Waals surface area (Å²) < 4.78 is 30.2. The van der Waals surface area contributed by atoms with Gasteiger partial charge in [-0.05, 0) is 61.5 Å². The molecule has 2 aromatic carbocycles. The van der Waals surface area contributed by atoms with Gasteiger partial charge in [-0.1, -0.05) is 48.0 Å². The normalized spacial score (nSPS) is 18.7. The van der Waals surface area contributed by atoms with Gasteiger partial charge in [0.25, 0.3) is 10.0 Å². The molecule has 1 atom stereocenters. The van der Waals surface area contributed by atoms with E-state index in [4.69, 9.17) is 11.6 Å². The highest BCUT2D eigenvalue weighted by Gasteiger charge is 2.44. The van der Waals surface area contributed by atoms with E-state index in [1.807, 2.05) is 36.4 Å². The van der Waals surface area contributed by atoms with Gasteiger partial charge in [-0.3, -0.25) is 4.90 Å². The van der Waals surface area contributed by atoms with Crippen LogP contribution >= 0.6 is 22.9 Å². The van der Waals surface area contributed by atoms with Crippen LogP contribution in [0.2, 0.25) is 5.02 Å². The molecule has 174 valence electrons. The quantitative estimate of drug-likeness (QED) is 0.505. The second-order valence-corrected chi connectivity index (χ2v) is 11.5. The number of nitrogens with zero attached hydrogens (tertiary/aromatic N) is 2. The fraction of sp³-hybridized carbons (Fsp3) is 0.261. The van der Waals surface area contributed by atoms with Gasteiger partial charge in [0.05, 0.1) is 6.54 Å². The summed E-state index contributed by atoms with van der Waals surface area (Å²) >= 11 is 7.12. The Labute approximate surface area is 202 Å². The molecular weight excluding hydrogens is 482 g/mol. The van der Waals surface area contributed by atoms with E-state index < -0.39 is 21.8 Å². The number of thiophene rings is 1. The molecule has 0 saturated carbocycles. The van der Waals surface area contributed by atoms with Crippen LogP contribution in [0.15, 0.2) is 64.9 Å². The third-order valence-corrected chi connectivity index (χ3v) is 9.21. The minimum absolute atomic E-state index is 0.0407. The molecule has 3 aromatic rings. The lowest BCUT2D eigenvalue weighted by Gasteiger charge is -2.42. The number of rotatable bonds is 5. The summed E-state index contributed by atoms with van der Waals surface area (Å²) in [6.07, 6.45) is -0.589. The van der Waals surface area contributed by atoms with E-state index in [9.17, 15) is 18.3 Å². The van der Waals surface area contributed by atoms with Gasteiger partial charge in [-0.15, -0.1) is 11.3 Å². The highest BCUT2D eigenvalue weighted by Crippen LogP contribution is 2.36. The number of nitrogens with one attached hydrogen (secondary N) is 1. The number of amides is 1. The van der Waals surface area contributed by atoms with Crippen LogP contribution < -0.4 is 4.72 Å². The van der Waals surface area contributed by atoms with Crippen molar-refractivity contribution in [2.24, 2.45) is 0 Å². The molecule has 2 heterocycles. The van der Waals surface area contributed by atoms with Crippen molar-refractivity contribution >= 4 is 39.1 Å². The Kier molecular flexibility index (Phi) is 6.52. The van der Waals surface area contributed by atoms with Crippen molar-refractivity contribution in [2.75, 3.05) is 27.2 Å². The van der Waals surface area contributed by atoms with Crippen molar-refractivity contribution in [1.82, 2.24) is 14.5 Å². The van der Waals surface area contributed by atoms with Crippen molar-refractivity contribution < 1.29 is 18.3 Å². The largest absolute Gasteiger partial charge is 0.465 e. The lowest BCUT2D eigenvalue weighted by atomic mass is 9.93. The highest BCUT2D eigenvalue weighted by molar-refractivity contribution is 7.91. The molecule has 0 fully saturated rings. The number of likely N-dealkylation sites (N-methyl/N-ethyl adjacent to an activating group) is 1. The van der Waals surface area contributed by atoms with Gasteiger partial charge in [0.1, 0.15) is 9.87 Å². The lowest BCUT2D eigenvalue weighted by Crippen LogP contribution is -2.61. The second kappa shape index (κ2) is 9.08. The van der Waals surface area contributed by atoms with Crippen LogP contribution in [-0.2, 0) is 22.1 Å². The predicted molar refractivity (Wildman–Crippen MR) is 130 cm³/mol. The van der Waals surface area contributed by atoms with E-state index in [1.54, 1.807) is 43.3 Å². The first-order valence-corrected chi connectivity index (χ1v) is 12.9. The van der Waals surface area contributed by atoms with Gasteiger partial charge in [-0.2, -0.15) is 4.72 Å². The highest BCUT2D eigenvalue weighted by atomic mass is 35.5. The Morgan fingerprint density at radius 1 is 1.12 bits per heavy atom. The number of fused-ring (bicyclic) bond motifs is 1. The molecule has 1 unspecified atom stereocenters. The average Bonchev–Trinajstić information content (AvgIpc) is 3.21. The molecule has 1 aliphatic heterocycles. The maximum absolute atomic E-state index is 13.6. The van der Waals surface area contributed by atoms with Gasteiger partial charge < -0.3 is 10.0 Å². The summed E-state index contributed by atoms with van der Waals surface area (Å²) in [5, 5.41) is 10.3. The van der Waals surface area contributed by atoms with Crippen molar-refractivity contribution in [2.45, 2.75) is 16.3 Å². The monoisotopic (exact) mass is 505 g/mol. The number of carboxylic acid groups (broad SMARTS) is 1. The molecule has 1 aromatic heterocycles. The summed E-state index contributed by atoms with van der Waals surface area (Å²) in [6.45, 7) is 0.240. The molecule has 10 heteroatoms. The number of hydrogen-bond donors (Lipinski definition) is 2. The summed E-state index contributed by atoms with van der Waals surface area (Å²) in [5.41, 5.74) is 1.25. The Balaban J connectivity index is 1.77. The van der Waals surface area contributed by atoms with Crippen LogP contribution in [0.3, 0.4) is 0 Å². The summed E-state index contributed by atoms with van der Waals surface area (Å²) in [5.74, 6) is 0. The first kappa shape index (κ1) is 23.7. The predicted octanol–water partition coefficient (Wildman–Crippen LogP) is 4.30. The smallest absolute Gasteiger partial charge is 0.407 e.